The second-order valence-corrected chi connectivity index (χ2v) is 11.9. The van der Waals surface area contributed by atoms with Crippen molar-refractivity contribution in [3.8, 4) is 12.1 Å². The molecule has 224 valence electrons. The fourth-order valence-electron chi connectivity index (χ4n) is 6.34. The van der Waals surface area contributed by atoms with Crippen molar-refractivity contribution in [3.63, 3.8) is 0 Å². The van der Waals surface area contributed by atoms with E-state index in [4.69, 9.17) is 13.1 Å². The molecule has 0 spiro atoms. The van der Waals surface area contributed by atoms with Crippen molar-refractivity contribution in [2.24, 2.45) is 5.92 Å². The molecule has 1 aromatic rings. The normalized spacial score (nSPS) is 14.3. The van der Waals surface area contributed by atoms with Crippen LogP contribution < -0.4 is 4.90 Å². The van der Waals surface area contributed by atoms with Crippen LogP contribution in [0.2, 0.25) is 0 Å². The molecule has 1 fully saturated rings. The Morgan fingerprint density at radius 1 is 0.762 bits per heavy atom. The van der Waals surface area contributed by atoms with E-state index in [0.29, 0.717) is 11.1 Å². The summed E-state index contributed by atoms with van der Waals surface area (Å²) in [6, 6.07) is 8.53. The maximum absolute atomic E-state index is 10.0. The Kier molecular flexibility index (Phi) is 16.1. The molecule has 0 heterocycles. The molecule has 2 rings (SSSR count). The lowest BCUT2D eigenvalue weighted by Crippen LogP contribution is -2.27. The minimum absolute atomic E-state index is 0.0159. The van der Waals surface area contributed by atoms with E-state index in [2.05, 4.69) is 59.6 Å². The number of hydrogen-bond acceptors (Lipinski definition) is 3. The SMILES string of the molecule is [C-]#[N+]/C(C#N)=C(\C(=C(/C#N)[N+]#[C-])C1CCCC1)c1cc(C)c(N(CCCCCCCC)CCCCCCCC)cc1C. The van der Waals surface area contributed by atoms with Gasteiger partial charge in [0.1, 0.15) is 0 Å². The van der Waals surface area contributed by atoms with Crippen LogP contribution in [-0.2, 0) is 0 Å². The van der Waals surface area contributed by atoms with Crippen LogP contribution in [0.15, 0.2) is 29.1 Å². The second kappa shape index (κ2) is 19.6. The highest BCUT2D eigenvalue weighted by Crippen LogP contribution is 2.44. The summed E-state index contributed by atoms with van der Waals surface area (Å²) in [5, 5.41) is 19.9. The second-order valence-electron chi connectivity index (χ2n) is 11.9. The summed E-state index contributed by atoms with van der Waals surface area (Å²) in [5.41, 5.74) is 5.20. The van der Waals surface area contributed by atoms with Crippen LogP contribution in [0.25, 0.3) is 15.3 Å². The van der Waals surface area contributed by atoms with Crippen molar-refractivity contribution >= 4 is 11.3 Å². The molecule has 5 heteroatoms. The lowest BCUT2D eigenvalue weighted by molar-refractivity contribution is 0.574. The van der Waals surface area contributed by atoms with Gasteiger partial charge in [-0.2, -0.15) is 0 Å². The van der Waals surface area contributed by atoms with E-state index in [0.717, 1.165) is 55.5 Å². The first kappa shape index (κ1) is 34.7. The Morgan fingerprint density at radius 2 is 1.26 bits per heavy atom. The van der Waals surface area contributed by atoms with Gasteiger partial charge in [-0.15, -0.1) is 0 Å². The maximum Gasteiger partial charge on any atom is 0.268 e. The number of unbranched alkanes of at least 4 members (excludes halogenated alkanes) is 10. The fourth-order valence-corrected chi connectivity index (χ4v) is 6.34. The largest absolute Gasteiger partial charge is 0.371 e. The van der Waals surface area contributed by atoms with E-state index in [-0.39, 0.29) is 17.3 Å². The smallest absolute Gasteiger partial charge is 0.268 e. The van der Waals surface area contributed by atoms with Crippen LogP contribution in [0.4, 0.5) is 5.69 Å². The minimum Gasteiger partial charge on any atom is -0.371 e. The highest BCUT2D eigenvalue weighted by molar-refractivity contribution is 5.89. The molecule has 0 radical (unpaired) electrons. The highest BCUT2D eigenvalue weighted by atomic mass is 15.1. The monoisotopic (exact) mass is 565 g/mol. The number of anilines is 1. The Labute approximate surface area is 256 Å². The molecule has 42 heavy (non-hydrogen) atoms. The van der Waals surface area contributed by atoms with Crippen LogP contribution in [-0.4, -0.2) is 13.1 Å². The summed E-state index contributed by atoms with van der Waals surface area (Å²) in [4.78, 5) is 9.73. The van der Waals surface area contributed by atoms with E-state index in [9.17, 15) is 10.5 Å². The van der Waals surface area contributed by atoms with E-state index in [1.165, 1.54) is 82.7 Å². The van der Waals surface area contributed by atoms with Crippen molar-refractivity contribution in [1.29, 1.82) is 10.5 Å². The number of nitriles is 2. The average molecular weight is 566 g/mol. The summed E-state index contributed by atoms with van der Waals surface area (Å²) in [5.74, 6) is 0.0187. The van der Waals surface area contributed by atoms with Gasteiger partial charge in [-0.3, -0.25) is 0 Å². The number of benzene rings is 1. The van der Waals surface area contributed by atoms with Crippen LogP contribution in [0, 0.1) is 55.6 Å². The Hall–Kier alpha value is -3.54. The maximum atomic E-state index is 10.0. The zero-order valence-corrected chi connectivity index (χ0v) is 26.7. The zero-order chi connectivity index (χ0) is 30.7. The predicted molar refractivity (Wildman–Crippen MR) is 175 cm³/mol. The predicted octanol–water partition coefficient (Wildman–Crippen LogP) is 10.9. The van der Waals surface area contributed by atoms with Crippen molar-refractivity contribution in [2.75, 3.05) is 18.0 Å². The third kappa shape index (κ3) is 10.1. The molecule has 1 aliphatic carbocycles. The van der Waals surface area contributed by atoms with Crippen LogP contribution >= 0.6 is 0 Å². The molecule has 1 saturated carbocycles. The molecular weight excluding hydrogens is 514 g/mol. The van der Waals surface area contributed by atoms with Crippen LogP contribution in [0.5, 0.6) is 0 Å². The van der Waals surface area contributed by atoms with E-state index < -0.39 is 0 Å². The molecule has 1 aromatic carbocycles. The molecule has 1 aliphatic rings. The summed E-state index contributed by atoms with van der Waals surface area (Å²) in [7, 11) is 0. The average Bonchev–Trinajstić information content (AvgIpc) is 3.53. The van der Waals surface area contributed by atoms with Gasteiger partial charge >= 0.3 is 0 Å². The Morgan fingerprint density at radius 3 is 1.74 bits per heavy atom. The molecule has 0 unspecified atom stereocenters. The van der Waals surface area contributed by atoms with Gasteiger partial charge in [-0.25, -0.2) is 20.2 Å². The van der Waals surface area contributed by atoms with E-state index in [1.807, 2.05) is 6.92 Å². The van der Waals surface area contributed by atoms with Gasteiger partial charge in [-0.05, 0) is 79.4 Å². The van der Waals surface area contributed by atoms with Gasteiger partial charge in [0.2, 0.25) is 0 Å². The number of rotatable bonds is 18. The van der Waals surface area contributed by atoms with Crippen LogP contribution in [0.3, 0.4) is 0 Å². The summed E-state index contributed by atoms with van der Waals surface area (Å²) in [6.45, 7) is 26.3. The number of nitrogens with zero attached hydrogens (tertiary/aromatic N) is 5. The fraction of sp³-hybridized carbons (Fsp3) is 0.622. The third-order valence-electron chi connectivity index (χ3n) is 8.68. The van der Waals surface area contributed by atoms with Gasteiger partial charge in [0, 0.05) is 18.8 Å². The van der Waals surface area contributed by atoms with Crippen molar-refractivity contribution in [3.05, 3.63) is 68.6 Å². The van der Waals surface area contributed by atoms with Crippen molar-refractivity contribution in [1.82, 2.24) is 0 Å². The molecule has 0 saturated heterocycles. The number of hydrogen-bond donors (Lipinski definition) is 0. The standard InChI is InChI=1S/C37H51N5/c1-7-9-11-13-15-19-23-42(24-20-16-14-12-10-8-2)35-26-29(3)32(25-30(35)4)37(34(28-39)41-6)36(33(27-38)40-5)31-21-17-18-22-31/h25-26,31H,7-24H2,1-4H3/b36-33+,37-34-. The first-order valence-corrected chi connectivity index (χ1v) is 16.4. The van der Waals surface area contributed by atoms with Gasteiger partial charge in [0.05, 0.1) is 25.3 Å². The Bertz CT molecular complexity index is 1190. The summed E-state index contributed by atoms with van der Waals surface area (Å²) < 4.78 is 0. The van der Waals surface area contributed by atoms with Gasteiger partial charge in [0.15, 0.2) is 0 Å². The summed E-state index contributed by atoms with van der Waals surface area (Å²) >= 11 is 0. The third-order valence-corrected chi connectivity index (χ3v) is 8.68. The first-order valence-electron chi connectivity index (χ1n) is 16.4. The van der Waals surface area contributed by atoms with Crippen molar-refractivity contribution < 1.29 is 0 Å². The lowest BCUT2D eigenvalue weighted by atomic mass is 9.82. The van der Waals surface area contributed by atoms with E-state index in [1.54, 1.807) is 0 Å². The molecule has 0 bridgehead atoms. The number of allylic oxidation sites excluding steroid dienone is 4. The minimum atomic E-state index is -0.0282. The van der Waals surface area contributed by atoms with Gasteiger partial charge in [-0.1, -0.05) is 97.0 Å². The van der Waals surface area contributed by atoms with E-state index >= 15 is 0 Å². The first-order chi connectivity index (χ1) is 20.5. The Balaban J connectivity index is 2.50. The topological polar surface area (TPSA) is 59.5 Å². The highest BCUT2D eigenvalue weighted by Gasteiger charge is 2.29. The molecule has 0 aromatic heterocycles. The van der Waals surface area contributed by atoms with Gasteiger partial charge < -0.3 is 4.90 Å². The lowest BCUT2D eigenvalue weighted by Gasteiger charge is -2.29. The van der Waals surface area contributed by atoms with Crippen molar-refractivity contribution in [2.45, 2.75) is 130 Å². The quantitative estimate of drug-likeness (QED) is 0.0769. The van der Waals surface area contributed by atoms with Crippen LogP contribution in [0.1, 0.15) is 133 Å². The molecule has 0 aliphatic heterocycles. The number of aryl methyl sites for hydroxylation is 2. The zero-order valence-electron chi connectivity index (χ0n) is 26.7. The molecule has 5 nitrogen and oxygen atoms in total. The molecule has 0 amide bonds. The molecular formula is C37H51N5. The summed E-state index contributed by atoms with van der Waals surface area (Å²) in [6.07, 6.45) is 19.0. The molecule has 0 atom stereocenters. The molecule has 0 N–H and O–H groups in total. The van der Waals surface area contributed by atoms with Gasteiger partial charge in [0.25, 0.3) is 11.4 Å².